The second-order valence-corrected chi connectivity index (χ2v) is 10.6. The Morgan fingerprint density at radius 2 is 2.03 bits per heavy atom. The number of aryl methyl sites for hydroxylation is 1. The first kappa shape index (κ1) is 27.8. The molecule has 8 heteroatoms. The van der Waals surface area contributed by atoms with Gasteiger partial charge in [0.2, 0.25) is 5.91 Å². The van der Waals surface area contributed by atoms with Crippen molar-refractivity contribution in [2.45, 2.75) is 51.4 Å². The van der Waals surface area contributed by atoms with Gasteiger partial charge < -0.3 is 19.7 Å². The minimum absolute atomic E-state index is 0.0272. The third kappa shape index (κ3) is 6.79. The predicted octanol–water partition coefficient (Wildman–Crippen LogP) is 4.27. The van der Waals surface area contributed by atoms with Crippen LogP contribution in [0.25, 0.3) is 0 Å². The van der Waals surface area contributed by atoms with E-state index in [4.69, 9.17) is 9.47 Å². The lowest BCUT2D eigenvalue weighted by Gasteiger charge is -2.40. The maximum atomic E-state index is 14.5. The molecular weight excluding hydrogens is 485 g/mol. The quantitative estimate of drug-likeness (QED) is 0.497. The highest BCUT2D eigenvalue weighted by atomic mass is 19.1. The fraction of sp³-hybridized carbons (Fsp3) is 0.467. The number of hydrogen-bond acceptors (Lipinski definition) is 5. The normalized spacial score (nSPS) is 22.6. The Labute approximate surface area is 224 Å². The molecule has 3 atom stereocenters. The summed E-state index contributed by atoms with van der Waals surface area (Å²) in [7, 11) is 0. The highest BCUT2D eigenvalue weighted by Crippen LogP contribution is 2.27. The van der Waals surface area contributed by atoms with Gasteiger partial charge in [0.05, 0.1) is 5.60 Å². The van der Waals surface area contributed by atoms with Crippen LogP contribution in [-0.2, 0) is 9.53 Å². The molecule has 0 radical (unpaired) electrons. The summed E-state index contributed by atoms with van der Waals surface area (Å²) in [5.74, 6) is 0.0795. The second kappa shape index (κ2) is 12.1. The van der Waals surface area contributed by atoms with Crippen molar-refractivity contribution in [1.29, 1.82) is 0 Å². The Hall–Kier alpha value is -3.23. The molecule has 4 rings (SSSR count). The van der Waals surface area contributed by atoms with Crippen molar-refractivity contribution in [3.63, 3.8) is 0 Å². The van der Waals surface area contributed by atoms with Crippen LogP contribution in [0.3, 0.4) is 0 Å². The number of carbonyl (C=O) groups excluding carboxylic acids is 2. The molecule has 2 amide bonds. The number of piperazine rings is 1. The number of benzene rings is 2. The van der Waals surface area contributed by atoms with Gasteiger partial charge in [-0.1, -0.05) is 18.7 Å². The van der Waals surface area contributed by atoms with E-state index in [1.54, 1.807) is 37.3 Å². The third-order valence-corrected chi connectivity index (χ3v) is 7.48. The molecule has 0 unspecified atom stereocenters. The summed E-state index contributed by atoms with van der Waals surface area (Å²) in [5, 5.41) is 2.97. The van der Waals surface area contributed by atoms with E-state index in [2.05, 4.69) is 16.8 Å². The zero-order valence-corrected chi connectivity index (χ0v) is 22.5. The summed E-state index contributed by atoms with van der Waals surface area (Å²) in [5.41, 5.74) is 1.53. The van der Waals surface area contributed by atoms with Crippen molar-refractivity contribution in [2.24, 2.45) is 0 Å². The molecule has 2 aliphatic rings. The fourth-order valence-electron chi connectivity index (χ4n) is 5.09. The summed E-state index contributed by atoms with van der Waals surface area (Å²) < 4.78 is 26.6. The highest BCUT2D eigenvalue weighted by Gasteiger charge is 2.31. The van der Waals surface area contributed by atoms with Crippen molar-refractivity contribution in [3.8, 4) is 5.75 Å². The van der Waals surface area contributed by atoms with Crippen LogP contribution < -0.4 is 10.1 Å². The molecule has 2 saturated heterocycles. The molecule has 0 saturated carbocycles. The molecule has 2 aromatic carbocycles. The lowest BCUT2D eigenvalue weighted by atomic mass is 10.0. The summed E-state index contributed by atoms with van der Waals surface area (Å²) >= 11 is 0. The number of nitrogens with one attached hydrogen (secondary N) is 1. The Kier molecular flexibility index (Phi) is 8.84. The van der Waals surface area contributed by atoms with Crippen LogP contribution >= 0.6 is 0 Å². The zero-order chi connectivity index (χ0) is 27.3. The molecule has 7 nitrogen and oxygen atoms in total. The Morgan fingerprint density at radius 3 is 2.66 bits per heavy atom. The van der Waals surface area contributed by atoms with Gasteiger partial charge in [-0.3, -0.25) is 14.5 Å². The highest BCUT2D eigenvalue weighted by molar-refractivity contribution is 5.94. The van der Waals surface area contributed by atoms with E-state index in [0.717, 1.165) is 25.0 Å². The smallest absolute Gasteiger partial charge is 0.251 e. The van der Waals surface area contributed by atoms with E-state index in [0.29, 0.717) is 49.6 Å². The van der Waals surface area contributed by atoms with E-state index in [1.807, 2.05) is 24.8 Å². The molecule has 0 aliphatic carbocycles. The molecule has 0 spiro atoms. The van der Waals surface area contributed by atoms with E-state index in [9.17, 15) is 14.0 Å². The van der Waals surface area contributed by atoms with Crippen molar-refractivity contribution >= 4 is 11.8 Å². The van der Waals surface area contributed by atoms with Gasteiger partial charge in [0.15, 0.2) is 0 Å². The summed E-state index contributed by atoms with van der Waals surface area (Å²) in [6, 6.07) is 12.2. The van der Waals surface area contributed by atoms with Gasteiger partial charge in [0.1, 0.15) is 17.7 Å². The van der Waals surface area contributed by atoms with Gasteiger partial charge >= 0.3 is 0 Å². The van der Waals surface area contributed by atoms with Crippen LogP contribution in [0.1, 0.15) is 54.3 Å². The minimum Gasteiger partial charge on any atom is -0.484 e. The average Bonchev–Trinajstić information content (AvgIpc) is 3.35. The molecule has 2 aromatic rings. The molecular formula is C30H38FN3O4. The van der Waals surface area contributed by atoms with E-state index in [1.165, 1.54) is 12.1 Å². The number of nitrogens with zero attached hydrogens (tertiary/aromatic N) is 2. The van der Waals surface area contributed by atoms with E-state index in [-0.39, 0.29) is 29.3 Å². The van der Waals surface area contributed by atoms with Crippen LogP contribution in [0.4, 0.5) is 4.39 Å². The Morgan fingerprint density at radius 1 is 1.26 bits per heavy atom. The molecule has 204 valence electrons. The first-order chi connectivity index (χ1) is 18.2. The number of hydrogen-bond donors (Lipinski definition) is 1. The second-order valence-electron chi connectivity index (χ2n) is 10.6. The van der Waals surface area contributed by atoms with Gasteiger partial charge in [-0.05, 0) is 81.1 Å². The maximum Gasteiger partial charge on any atom is 0.251 e. The van der Waals surface area contributed by atoms with Crippen molar-refractivity contribution in [2.75, 3.05) is 39.3 Å². The van der Waals surface area contributed by atoms with Crippen molar-refractivity contribution < 1.29 is 23.5 Å². The largest absolute Gasteiger partial charge is 0.484 e. The molecule has 0 bridgehead atoms. The molecule has 2 fully saturated rings. The molecule has 0 aromatic heterocycles. The van der Waals surface area contributed by atoms with Crippen LogP contribution in [0.5, 0.6) is 5.75 Å². The molecule has 2 aliphatic heterocycles. The summed E-state index contributed by atoms with van der Waals surface area (Å²) in [6.07, 6.45) is 2.85. The topological polar surface area (TPSA) is 71.1 Å². The fourth-order valence-corrected chi connectivity index (χ4v) is 5.09. The van der Waals surface area contributed by atoms with E-state index >= 15 is 0 Å². The molecule has 2 heterocycles. The lowest BCUT2D eigenvalue weighted by molar-refractivity contribution is -0.130. The monoisotopic (exact) mass is 523 g/mol. The van der Waals surface area contributed by atoms with Gasteiger partial charge in [-0.25, -0.2) is 4.39 Å². The number of rotatable bonds is 9. The number of amides is 2. The SMILES string of the molecule is C=CC(=O)N1CCN(C[C@H](Oc2ccc(C(=O)NC[C@]3(C)CCCO3)cc2)c2ccc(C)c(F)c2)C[C@H]1C. The summed E-state index contributed by atoms with van der Waals surface area (Å²) in [4.78, 5) is 28.8. The molecule has 1 N–H and O–H groups in total. The Bertz CT molecular complexity index is 1150. The number of halogens is 1. The lowest BCUT2D eigenvalue weighted by Crippen LogP contribution is -2.54. The standard InChI is InChI=1S/C30H38FN3O4/c1-5-28(35)34-15-14-33(18-22(34)3)19-27(24-8-7-21(2)26(31)17-24)38-25-11-9-23(10-12-25)29(36)32-20-30(4)13-6-16-37-30/h5,7-12,17,22,27H,1,6,13-16,18-20H2,2-4H3,(H,32,36)/t22-,27+,30+/m1/s1. The average molecular weight is 524 g/mol. The van der Waals surface area contributed by atoms with E-state index < -0.39 is 6.10 Å². The van der Waals surface area contributed by atoms with Crippen LogP contribution in [0.15, 0.2) is 55.1 Å². The van der Waals surface area contributed by atoms with Crippen molar-refractivity contribution in [3.05, 3.63) is 77.6 Å². The Balaban J connectivity index is 1.44. The van der Waals surface area contributed by atoms with Crippen LogP contribution in [0, 0.1) is 12.7 Å². The minimum atomic E-state index is -0.432. The zero-order valence-electron chi connectivity index (χ0n) is 22.5. The predicted molar refractivity (Wildman–Crippen MR) is 145 cm³/mol. The number of carbonyl (C=O) groups is 2. The van der Waals surface area contributed by atoms with Gasteiger partial charge in [0, 0.05) is 50.9 Å². The third-order valence-electron chi connectivity index (χ3n) is 7.48. The van der Waals surface area contributed by atoms with Crippen molar-refractivity contribution in [1.82, 2.24) is 15.1 Å². The van der Waals surface area contributed by atoms with Gasteiger partial charge in [-0.2, -0.15) is 0 Å². The first-order valence-corrected chi connectivity index (χ1v) is 13.3. The maximum absolute atomic E-state index is 14.5. The number of ether oxygens (including phenoxy) is 2. The summed E-state index contributed by atoms with van der Waals surface area (Å²) in [6.45, 7) is 13.0. The first-order valence-electron chi connectivity index (χ1n) is 13.3. The molecule has 38 heavy (non-hydrogen) atoms. The van der Waals surface area contributed by atoms with Crippen LogP contribution in [-0.4, -0.2) is 72.6 Å². The van der Waals surface area contributed by atoms with Gasteiger partial charge in [0.25, 0.3) is 5.91 Å². The van der Waals surface area contributed by atoms with Crippen LogP contribution in [0.2, 0.25) is 0 Å². The van der Waals surface area contributed by atoms with Gasteiger partial charge in [-0.15, -0.1) is 0 Å².